The molecule has 0 N–H and O–H groups in total. The fourth-order valence-corrected chi connectivity index (χ4v) is 1.98. The van der Waals surface area contributed by atoms with Crippen LogP contribution in [0.25, 0.3) is 0 Å². The van der Waals surface area contributed by atoms with Crippen LogP contribution in [0.15, 0.2) is 30.3 Å². The summed E-state index contributed by atoms with van der Waals surface area (Å²) in [6.45, 7) is 0.913. The van der Waals surface area contributed by atoms with Crippen molar-refractivity contribution in [3.05, 3.63) is 35.9 Å². The number of hydrogen-bond donors (Lipinski definition) is 0. The van der Waals surface area contributed by atoms with Gasteiger partial charge in [0.1, 0.15) is 0 Å². The number of carbonyl (C=O) groups is 1. The number of benzene rings is 1. The van der Waals surface area contributed by atoms with Gasteiger partial charge in [0.2, 0.25) is 5.91 Å². The Morgan fingerprint density at radius 3 is 2.53 bits per heavy atom. The van der Waals surface area contributed by atoms with Gasteiger partial charge in [0, 0.05) is 19.5 Å². The molecule has 1 aliphatic rings. The number of halogens is 1. The molecule has 15 heavy (non-hydrogen) atoms. The molecule has 0 unspecified atom stereocenters. The lowest BCUT2D eigenvalue weighted by molar-refractivity contribution is -0.129. The van der Waals surface area contributed by atoms with E-state index in [0.29, 0.717) is 5.91 Å². The molecule has 0 aromatic heterocycles. The molecule has 0 bridgehead atoms. The van der Waals surface area contributed by atoms with Crippen LogP contribution in [-0.4, -0.2) is 24.4 Å². The molecular weight excluding hydrogens is 210 g/mol. The Morgan fingerprint density at radius 2 is 2.00 bits per heavy atom. The molecule has 1 aliphatic heterocycles. The van der Waals surface area contributed by atoms with Crippen LogP contribution in [0.2, 0.25) is 0 Å². The lowest BCUT2D eigenvalue weighted by Crippen LogP contribution is -2.23. The molecule has 1 aromatic carbocycles. The Hall–Kier alpha value is -1.02. The minimum Gasteiger partial charge on any atom is -0.345 e. The van der Waals surface area contributed by atoms with E-state index < -0.39 is 0 Å². The number of hydrogen-bond acceptors (Lipinski definition) is 1. The molecule has 0 radical (unpaired) electrons. The van der Waals surface area contributed by atoms with Gasteiger partial charge in [-0.25, -0.2) is 0 Å². The molecule has 1 saturated heterocycles. The van der Waals surface area contributed by atoms with Crippen molar-refractivity contribution in [1.29, 1.82) is 0 Å². The van der Waals surface area contributed by atoms with Crippen molar-refractivity contribution >= 4 is 18.3 Å². The smallest absolute Gasteiger partial charge is 0.225 e. The van der Waals surface area contributed by atoms with E-state index in [1.165, 1.54) is 5.56 Å². The average Bonchev–Trinajstić information content (AvgIpc) is 2.52. The van der Waals surface area contributed by atoms with Gasteiger partial charge in [-0.15, -0.1) is 12.4 Å². The van der Waals surface area contributed by atoms with E-state index in [2.05, 4.69) is 12.1 Å². The van der Waals surface area contributed by atoms with Gasteiger partial charge < -0.3 is 4.90 Å². The first-order chi connectivity index (χ1) is 6.77. The number of amides is 1. The summed E-state index contributed by atoms with van der Waals surface area (Å²) < 4.78 is 0. The third-order valence-corrected chi connectivity index (χ3v) is 2.86. The zero-order valence-electron chi connectivity index (χ0n) is 8.85. The van der Waals surface area contributed by atoms with E-state index in [9.17, 15) is 4.79 Å². The molecule has 1 fully saturated rings. The first-order valence-corrected chi connectivity index (χ1v) is 5.06. The van der Waals surface area contributed by atoms with Gasteiger partial charge in [-0.05, 0) is 18.4 Å². The fourth-order valence-electron chi connectivity index (χ4n) is 1.98. The predicted molar refractivity (Wildman–Crippen MR) is 63.1 cm³/mol. The molecule has 1 aromatic rings. The van der Waals surface area contributed by atoms with Gasteiger partial charge in [0.25, 0.3) is 0 Å². The minimum absolute atomic E-state index is 0. The number of carbonyl (C=O) groups excluding carboxylic acids is 1. The van der Waals surface area contributed by atoms with Gasteiger partial charge in [-0.1, -0.05) is 30.3 Å². The van der Waals surface area contributed by atoms with Gasteiger partial charge >= 0.3 is 0 Å². The van der Waals surface area contributed by atoms with E-state index >= 15 is 0 Å². The molecule has 0 spiro atoms. The highest BCUT2D eigenvalue weighted by molar-refractivity contribution is 5.85. The summed E-state index contributed by atoms with van der Waals surface area (Å²) in [5.74, 6) is 0.510. The van der Waals surface area contributed by atoms with Gasteiger partial charge in [0.05, 0.1) is 0 Å². The molecule has 0 saturated carbocycles. The summed E-state index contributed by atoms with van der Waals surface area (Å²) in [5.41, 5.74) is 1.26. The number of nitrogens with zero attached hydrogens (tertiary/aromatic N) is 1. The summed E-state index contributed by atoms with van der Waals surface area (Å²) in [5, 5.41) is 0. The predicted octanol–water partition coefficient (Wildman–Crippen LogP) is 2.13. The lowest BCUT2D eigenvalue weighted by Gasteiger charge is -2.09. The second-order valence-corrected chi connectivity index (χ2v) is 3.94. The van der Waals surface area contributed by atoms with Crippen molar-refractivity contribution in [1.82, 2.24) is 4.90 Å². The standard InChI is InChI=1S/C12H15NO.ClH/c1-13-8-7-11(12(13)14)9-10-5-3-2-4-6-10;/h2-6,11H,7-9H2,1H3;1H/t11-;/m1./s1. The Bertz CT molecular complexity index is 326. The van der Waals surface area contributed by atoms with Crippen molar-refractivity contribution in [2.24, 2.45) is 5.92 Å². The van der Waals surface area contributed by atoms with E-state index in [1.807, 2.05) is 30.1 Å². The Morgan fingerprint density at radius 1 is 1.33 bits per heavy atom. The second-order valence-electron chi connectivity index (χ2n) is 3.94. The number of rotatable bonds is 2. The van der Waals surface area contributed by atoms with Crippen LogP contribution in [0.4, 0.5) is 0 Å². The largest absolute Gasteiger partial charge is 0.345 e. The summed E-state index contributed by atoms with van der Waals surface area (Å²) in [4.78, 5) is 13.5. The van der Waals surface area contributed by atoms with Crippen LogP contribution in [0.5, 0.6) is 0 Å². The van der Waals surface area contributed by atoms with Crippen LogP contribution >= 0.6 is 12.4 Å². The van der Waals surface area contributed by atoms with Crippen LogP contribution in [0.3, 0.4) is 0 Å². The fraction of sp³-hybridized carbons (Fsp3) is 0.417. The summed E-state index contributed by atoms with van der Waals surface area (Å²) >= 11 is 0. The maximum Gasteiger partial charge on any atom is 0.225 e. The molecule has 2 nitrogen and oxygen atoms in total. The third kappa shape index (κ3) is 2.72. The normalized spacial score (nSPS) is 20.2. The van der Waals surface area contributed by atoms with Crippen molar-refractivity contribution in [3.8, 4) is 0 Å². The highest BCUT2D eigenvalue weighted by Crippen LogP contribution is 2.20. The molecule has 2 rings (SSSR count). The summed E-state index contributed by atoms with van der Waals surface area (Å²) in [6, 6.07) is 10.2. The molecule has 82 valence electrons. The maximum atomic E-state index is 11.6. The molecule has 1 amide bonds. The van der Waals surface area contributed by atoms with E-state index in [0.717, 1.165) is 19.4 Å². The zero-order chi connectivity index (χ0) is 9.97. The molecular formula is C12H16ClNO. The molecule has 1 heterocycles. The highest BCUT2D eigenvalue weighted by atomic mass is 35.5. The summed E-state index contributed by atoms with van der Waals surface area (Å²) in [7, 11) is 1.88. The third-order valence-electron chi connectivity index (χ3n) is 2.86. The first-order valence-electron chi connectivity index (χ1n) is 5.06. The van der Waals surface area contributed by atoms with Crippen LogP contribution in [-0.2, 0) is 11.2 Å². The van der Waals surface area contributed by atoms with Crippen molar-refractivity contribution in [2.45, 2.75) is 12.8 Å². The van der Waals surface area contributed by atoms with Crippen molar-refractivity contribution < 1.29 is 4.79 Å². The van der Waals surface area contributed by atoms with Crippen molar-refractivity contribution in [3.63, 3.8) is 0 Å². The zero-order valence-corrected chi connectivity index (χ0v) is 9.67. The molecule has 1 atom stereocenters. The van der Waals surface area contributed by atoms with Gasteiger partial charge in [-0.2, -0.15) is 0 Å². The van der Waals surface area contributed by atoms with E-state index in [4.69, 9.17) is 0 Å². The molecule has 3 heteroatoms. The van der Waals surface area contributed by atoms with Crippen LogP contribution < -0.4 is 0 Å². The highest BCUT2D eigenvalue weighted by Gasteiger charge is 2.28. The Kier molecular flexibility index (Phi) is 4.15. The summed E-state index contributed by atoms with van der Waals surface area (Å²) in [6.07, 6.45) is 1.90. The van der Waals surface area contributed by atoms with Crippen LogP contribution in [0, 0.1) is 5.92 Å². The maximum absolute atomic E-state index is 11.6. The van der Waals surface area contributed by atoms with Gasteiger partial charge in [0.15, 0.2) is 0 Å². The van der Waals surface area contributed by atoms with E-state index in [1.54, 1.807) is 0 Å². The monoisotopic (exact) mass is 225 g/mol. The molecule has 0 aliphatic carbocycles. The van der Waals surface area contributed by atoms with Crippen LogP contribution in [0.1, 0.15) is 12.0 Å². The minimum atomic E-state index is 0. The average molecular weight is 226 g/mol. The topological polar surface area (TPSA) is 20.3 Å². The SMILES string of the molecule is CN1CC[C@H](Cc2ccccc2)C1=O.Cl. The van der Waals surface area contributed by atoms with E-state index in [-0.39, 0.29) is 18.3 Å². The Labute approximate surface area is 96.7 Å². The number of likely N-dealkylation sites (tertiary alicyclic amines) is 1. The van der Waals surface area contributed by atoms with Gasteiger partial charge in [-0.3, -0.25) is 4.79 Å². The quantitative estimate of drug-likeness (QED) is 0.755. The van der Waals surface area contributed by atoms with Crippen molar-refractivity contribution in [2.75, 3.05) is 13.6 Å². The second kappa shape index (κ2) is 5.17. The Balaban J connectivity index is 0.00000112. The first kappa shape index (κ1) is 12.1. The lowest BCUT2D eigenvalue weighted by atomic mass is 9.98.